The first-order valence-electron chi connectivity index (χ1n) is 6.47. The molecule has 1 amide bonds. The smallest absolute Gasteiger partial charge is 0.270 e. The van der Waals surface area contributed by atoms with E-state index in [4.69, 9.17) is 5.26 Å². The Morgan fingerprint density at radius 3 is 2.67 bits per heavy atom. The van der Waals surface area contributed by atoms with E-state index < -0.39 is 22.5 Å². The number of halogens is 2. The molecule has 0 spiro atoms. The maximum absolute atomic E-state index is 13.5. The SMILES string of the molecule is N#Cc1cc([N+](=O)[O-])ccc1NC(=O)CSc1ccc(F)cc1F. The number of carbonyl (C=O) groups is 1. The van der Waals surface area contributed by atoms with Gasteiger partial charge in [0.15, 0.2) is 0 Å². The number of carbonyl (C=O) groups excluding carboxylic acids is 1. The molecule has 2 aromatic carbocycles. The molecule has 0 heterocycles. The molecule has 0 aliphatic rings. The number of nitrogens with zero attached hydrogens (tertiary/aromatic N) is 2. The maximum Gasteiger partial charge on any atom is 0.270 e. The first kappa shape index (κ1) is 17.4. The second-order valence-electron chi connectivity index (χ2n) is 4.51. The molecule has 0 radical (unpaired) electrons. The van der Waals surface area contributed by atoms with Crippen LogP contribution >= 0.6 is 11.8 Å². The van der Waals surface area contributed by atoms with E-state index in [1.54, 1.807) is 6.07 Å². The molecule has 2 rings (SSSR count). The van der Waals surface area contributed by atoms with Crippen molar-refractivity contribution in [3.63, 3.8) is 0 Å². The van der Waals surface area contributed by atoms with Crippen molar-refractivity contribution in [1.82, 2.24) is 0 Å². The molecule has 9 heteroatoms. The van der Waals surface area contributed by atoms with Crippen LogP contribution in [0.15, 0.2) is 41.3 Å². The second-order valence-corrected chi connectivity index (χ2v) is 5.53. The predicted molar refractivity (Wildman–Crippen MR) is 83.5 cm³/mol. The van der Waals surface area contributed by atoms with Gasteiger partial charge in [0.05, 0.1) is 21.9 Å². The van der Waals surface area contributed by atoms with Crippen molar-refractivity contribution in [3.05, 3.63) is 63.7 Å². The summed E-state index contributed by atoms with van der Waals surface area (Å²) in [5.41, 5.74) is -0.212. The molecule has 2 aromatic rings. The van der Waals surface area contributed by atoms with Gasteiger partial charge in [-0.25, -0.2) is 8.78 Å². The van der Waals surface area contributed by atoms with Crippen LogP contribution in [0.2, 0.25) is 0 Å². The molecule has 0 saturated heterocycles. The molecule has 122 valence electrons. The monoisotopic (exact) mass is 349 g/mol. The van der Waals surface area contributed by atoms with Crippen LogP contribution in [0.4, 0.5) is 20.2 Å². The predicted octanol–water partition coefficient (Wildman–Crippen LogP) is 3.48. The minimum Gasteiger partial charge on any atom is -0.324 e. The van der Waals surface area contributed by atoms with Crippen molar-refractivity contribution in [2.75, 3.05) is 11.1 Å². The number of thioether (sulfide) groups is 1. The van der Waals surface area contributed by atoms with Crippen molar-refractivity contribution < 1.29 is 18.5 Å². The van der Waals surface area contributed by atoms with Gasteiger partial charge in [-0.15, -0.1) is 11.8 Å². The Hall–Kier alpha value is -2.99. The molecule has 0 bridgehead atoms. The van der Waals surface area contributed by atoms with Gasteiger partial charge in [0.1, 0.15) is 17.7 Å². The fourth-order valence-corrected chi connectivity index (χ4v) is 2.49. The van der Waals surface area contributed by atoms with Crippen LogP contribution in [-0.4, -0.2) is 16.6 Å². The molecule has 0 unspecified atom stereocenters. The zero-order valence-electron chi connectivity index (χ0n) is 12.0. The van der Waals surface area contributed by atoms with Gasteiger partial charge in [-0.2, -0.15) is 5.26 Å². The second kappa shape index (κ2) is 7.52. The highest BCUT2D eigenvalue weighted by molar-refractivity contribution is 8.00. The minimum atomic E-state index is -0.777. The fourth-order valence-electron chi connectivity index (χ4n) is 1.77. The summed E-state index contributed by atoms with van der Waals surface area (Å²) in [6.07, 6.45) is 0. The van der Waals surface area contributed by atoms with E-state index in [1.807, 2.05) is 0 Å². The number of nitro benzene ring substituents is 1. The summed E-state index contributed by atoms with van der Waals surface area (Å²) in [5, 5.41) is 22.1. The molecule has 0 atom stereocenters. The first-order chi connectivity index (χ1) is 11.4. The van der Waals surface area contributed by atoms with Crippen molar-refractivity contribution in [1.29, 1.82) is 5.26 Å². The van der Waals surface area contributed by atoms with Gasteiger partial charge in [-0.05, 0) is 18.2 Å². The number of benzene rings is 2. The lowest BCUT2D eigenvalue weighted by atomic mass is 10.1. The number of nitrogens with one attached hydrogen (secondary N) is 1. The lowest BCUT2D eigenvalue weighted by Crippen LogP contribution is -2.15. The molecule has 24 heavy (non-hydrogen) atoms. The van der Waals surface area contributed by atoms with Gasteiger partial charge >= 0.3 is 0 Å². The van der Waals surface area contributed by atoms with E-state index in [0.29, 0.717) is 6.07 Å². The highest BCUT2D eigenvalue weighted by Gasteiger charge is 2.13. The average molecular weight is 349 g/mol. The Bertz CT molecular complexity index is 852. The zero-order valence-corrected chi connectivity index (χ0v) is 12.8. The minimum absolute atomic E-state index is 0.0597. The van der Waals surface area contributed by atoms with Crippen molar-refractivity contribution in [2.45, 2.75) is 4.90 Å². The summed E-state index contributed by atoms with van der Waals surface area (Å²) in [6, 6.07) is 8.21. The number of anilines is 1. The standard InChI is InChI=1S/C15H9F2N3O3S/c16-10-1-4-14(12(17)6-10)24-8-15(21)19-13-3-2-11(20(22)23)5-9(13)7-18/h1-6H,8H2,(H,19,21). The summed E-state index contributed by atoms with van der Waals surface area (Å²) < 4.78 is 26.3. The van der Waals surface area contributed by atoms with Gasteiger partial charge in [-0.3, -0.25) is 14.9 Å². The molecular weight excluding hydrogens is 340 g/mol. The van der Waals surface area contributed by atoms with Crippen LogP contribution in [0.5, 0.6) is 0 Å². The van der Waals surface area contributed by atoms with Crippen LogP contribution in [0.25, 0.3) is 0 Å². The van der Waals surface area contributed by atoms with Gasteiger partial charge in [0.2, 0.25) is 5.91 Å². The number of amides is 1. The summed E-state index contributed by atoms with van der Waals surface area (Å²) in [4.78, 5) is 22.0. The number of hydrogen-bond donors (Lipinski definition) is 1. The molecule has 1 N–H and O–H groups in total. The quantitative estimate of drug-likeness (QED) is 0.506. The van der Waals surface area contributed by atoms with Crippen LogP contribution < -0.4 is 5.32 Å². The van der Waals surface area contributed by atoms with Gasteiger partial charge in [-0.1, -0.05) is 0 Å². The third-order valence-electron chi connectivity index (χ3n) is 2.86. The lowest BCUT2D eigenvalue weighted by molar-refractivity contribution is -0.384. The van der Waals surface area contributed by atoms with Crippen LogP contribution in [0.1, 0.15) is 5.56 Å². The van der Waals surface area contributed by atoms with Crippen LogP contribution in [0.3, 0.4) is 0 Å². The van der Waals surface area contributed by atoms with Crippen LogP contribution in [-0.2, 0) is 4.79 Å². The summed E-state index contributed by atoms with van der Waals surface area (Å²) in [7, 11) is 0. The largest absolute Gasteiger partial charge is 0.324 e. The van der Waals surface area contributed by atoms with E-state index in [-0.39, 0.29) is 27.6 Å². The van der Waals surface area contributed by atoms with E-state index in [9.17, 15) is 23.7 Å². The topological polar surface area (TPSA) is 96.0 Å². The number of rotatable bonds is 5. The Morgan fingerprint density at radius 2 is 2.04 bits per heavy atom. The van der Waals surface area contributed by atoms with Crippen molar-refractivity contribution in [2.24, 2.45) is 0 Å². The molecule has 0 aliphatic heterocycles. The summed E-state index contributed by atoms with van der Waals surface area (Å²) in [6.45, 7) is 0. The number of nitriles is 1. The number of nitro groups is 1. The average Bonchev–Trinajstić information content (AvgIpc) is 2.54. The Balaban J connectivity index is 2.04. The van der Waals surface area contributed by atoms with Gasteiger partial charge in [0.25, 0.3) is 5.69 Å². The van der Waals surface area contributed by atoms with Crippen LogP contribution in [0, 0.1) is 33.1 Å². The molecule has 0 fully saturated rings. The van der Waals surface area contributed by atoms with Gasteiger partial charge < -0.3 is 5.32 Å². The molecule has 6 nitrogen and oxygen atoms in total. The lowest BCUT2D eigenvalue weighted by Gasteiger charge is -2.07. The number of hydrogen-bond acceptors (Lipinski definition) is 5. The van der Waals surface area contributed by atoms with Gasteiger partial charge in [0, 0.05) is 23.1 Å². The third-order valence-corrected chi connectivity index (χ3v) is 3.91. The summed E-state index contributed by atoms with van der Waals surface area (Å²) in [5.74, 6) is -2.20. The highest BCUT2D eigenvalue weighted by Crippen LogP contribution is 2.24. The molecule has 0 aliphatic carbocycles. The number of non-ortho nitro benzene ring substituents is 1. The summed E-state index contributed by atoms with van der Waals surface area (Å²) >= 11 is 0.860. The van der Waals surface area contributed by atoms with E-state index >= 15 is 0 Å². The Morgan fingerprint density at radius 1 is 1.29 bits per heavy atom. The third kappa shape index (κ3) is 4.27. The Labute approximate surface area is 139 Å². The fraction of sp³-hybridized carbons (Fsp3) is 0.0667. The van der Waals surface area contributed by atoms with Crippen molar-refractivity contribution in [3.8, 4) is 6.07 Å². The molecule has 0 saturated carbocycles. The zero-order chi connectivity index (χ0) is 17.7. The molecule has 0 aromatic heterocycles. The van der Waals surface area contributed by atoms with E-state index in [2.05, 4.69) is 5.32 Å². The molecular formula is C15H9F2N3O3S. The first-order valence-corrected chi connectivity index (χ1v) is 7.45. The highest BCUT2D eigenvalue weighted by atomic mass is 32.2. The van der Waals surface area contributed by atoms with E-state index in [1.165, 1.54) is 12.1 Å². The normalized spacial score (nSPS) is 10.0. The Kier molecular flexibility index (Phi) is 5.44. The van der Waals surface area contributed by atoms with E-state index in [0.717, 1.165) is 30.0 Å². The van der Waals surface area contributed by atoms with Crippen molar-refractivity contribution >= 4 is 29.0 Å². The maximum atomic E-state index is 13.5.